The highest BCUT2D eigenvalue weighted by molar-refractivity contribution is 6.02. The van der Waals surface area contributed by atoms with Gasteiger partial charge < -0.3 is 14.8 Å². The lowest BCUT2D eigenvalue weighted by atomic mass is 10.1. The van der Waals surface area contributed by atoms with Gasteiger partial charge in [0, 0.05) is 17.3 Å². The van der Waals surface area contributed by atoms with Crippen LogP contribution in [0.15, 0.2) is 42.5 Å². The summed E-state index contributed by atoms with van der Waals surface area (Å²) in [5.74, 6) is 0.489. The van der Waals surface area contributed by atoms with E-state index < -0.39 is 0 Å². The number of anilines is 1. The van der Waals surface area contributed by atoms with Gasteiger partial charge in [0.2, 0.25) is 5.91 Å². The molecule has 1 N–H and O–H groups in total. The van der Waals surface area contributed by atoms with Crippen LogP contribution in [-0.4, -0.2) is 20.1 Å². The highest BCUT2D eigenvalue weighted by atomic mass is 19.1. The van der Waals surface area contributed by atoms with Crippen molar-refractivity contribution in [2.75, 3.05) is 19.5 Å². The molecule has 0 radical (unpaired) electrons. The first-order valence-corrected chi connectivity index (χ1v) is 7.01. The Morgan fingerprint density at radius 2 is 1.96 bits per heavy atom. The molecular weight excluding hydrogens is 297 g/mol. The lowest BCUT2D eigenvalue weighted by Crippen LogP contribution is -2.09. The van der Waals surface area contributed by atoms with Gasteiger partial charge in [-0.15, -0.1) is 0 Å². The van der Waals surface area contributed by atoms with E-state index in [2.05, 4.69) is 5.32 Å². The first-order valence-electron chi connectivity index (χ1n) is 7.01. The lowest BCUT2D eigenvalue weighted by molar-refractivity contribution is -0.111. The SMILES string of the molecule is COc1cccc(/C=C/C(=O)Nc2ccc(F)cc2C)c1OC. The first-order chi connectivity index (χ1) is 11.0. The molecule has 2 aromatic carbocycles. The predicted molar refractivity (Wildman–Crippen MR) is 88.3 cm³/mol. The topological polar surface area (TPSA) is 47.6 Å². The molecule has 0 aliphatic carbocycles. The number of benzene rings is 2. The summed E-state index contributed by atoms with van der Waals surface area (Å²) in [6.07, 6.45) is 3.02. The second-order valence-electron chi connectivity index (χ2n) is 4.86. The third-order valence-corrected chi connectivity index (χ3v) is 3.29. The second kappa shape index (κ2) is 7.45. The Kier molecular flexibility index (Phi) is 5.36. The molecule has 120 valence electrons. The van der Waals surface area contributed by atoms with E-state index in [1.165, 1.54) is 31.4 Å². The van der Waals surface area contributed by atoms with Gasteiger partial charge in [-0.3, -0.25) is 4.79 Å². The molecule has 0 aliphatic rings. The largest absolute Gasteiger partial charge is 0.493 e. The molecule has 0 aliphatic heterocycles. The second-order valence-corrected chi connectivity index (χ2v) is 4.86. The minimum atomic E-state index is -0.336. The average Bonchev–Trinajstić information content (AvgIpc) is 2.55. The quantitative estimate of drug-likeness (QED) is 0.854. The van der Waals surface area contributed by atoms with E-state index in [1.807, 2.05) is 12.1 Å². The van der Waals surface area contributed by atoms with E-state index in [9.17, 15) is 9.18 Å². The Morgan fingerprint density at radius 1 is 1.17 bits per heavy atom. The first kappa shape index (κ1) is 16.5. The van der Waals surface area contributed by atoms with Crippen molar-refractivity contribution < 1.29 is 18.7 Å². The highest BCUT2D eigenvalue weighted by Gasteiger charge is 2.08. The van der Waals surface area contributed by atoms with Crippen LogP contribution < -0.4 is 14.8 Å². The van der Waals surface area contributed by atoms with E-state index in [0.717, 1.165) is 5.56 Å². The highest BCUT2D eigenvalue weighted by Crippen LogP contribution is 2.31. The maximum Gasteiger partial charge on any atom is 0.248 e. The molecule has 0 saturated carbocycles. The van der Waals surface area contributed by atoms with Crippen LogP contribution in [0.3, 0.4) is 0 Å². The van der Waals surface area contributed by atoms with Crippen LogP contribution in [-0.2, 0) is 4.79 Å². The maximum absolute atomic E-state index is 13.1. The van der Waals surface area contributed by atoms with Gasteiger partial charge in [0.1, 0.15) is 5.82 Å². The number of halogens is 1. The van der Waals surface area contributed by atoms with Crippen LogP contribution >= 0.6 is 0 Å². The number of ether oxygens (including phenoxy) is 2. The van der Waals surface area contributed by atoms with Crippen LogP contribution in [0, 0.1) is 12.7 Å². The van der Waals surface area contributed by atoms with Crippen LogP contribution in [0.2, 0.25) is 0 Å². The number of methoxy groups -OCH3 is 2. The number of hydrogen-bond acceptors (Lipinski definition) is 3. The third-order valence-electron chi connectivity index (χ3n) is 3.29. The summed E-state index contributed by atoms with van der Waals surface area (Å²) in [6.45, 7) is 1.73. The van der Waals surface area contributed by atoms with Crippen molar-refractivity contribution in [1.82, 2.24) is 0 Å². The molecule has 0 fully saturated rings. The van der Waals surface area contributed by atoms with Crippen LogP contribution in [0.25, 0.3) is 6.08 Å². The maximum atomic E-state index is 13.1. The molecule has 0 spiro atoms. The molecule has 1 amide bonds. The fourth-order valence-electron chi connectivity index (χ4n) is 2.15. The fraction of sp³-hybridized carbons (Fsp3) is 0.167. The Bertz CT molecular complexity index is 741. The summed E-state index contributed by atoms with van der Waals surface area (Å²) in [4.78, 5) is 12.0. The number of rotatable bonds is 5. The van der Waals surface area contributed by atoms with E-state index in [-0.39, 0.29) is 11.7 Å². The van der Waals surface area contributed by atoms with E-state index in [1.54, 1.807) is 26.2 Å². The third kappa shape index (κ3) is 4.10. The summed E-state index contributed by atoms with van der Waals surface area (Å²) >= 11 is 0. The van der Waals surface area contributed by atoms with Crippen molar-refractivity contribution in [2.45, 2.75) is 6.92 Å². The smallest absolute Gasteiger partial charge is 0.248 e. The van der Waals surface area contributed by atoms with Crippen LogP contribution in [0.4, 0.5) is 10.1 Å². The van der Waals surface area contributed by atoms with Gasteiger partial charge in [0.05, 0.1) is 14.2 Å². The molecule has 0 heterocycles. The summed E-state index contributed by atoms with van der Waals surface area (Å²) in [5, 5.41) is 2.71. The molecular formula is C18H18FNO3. The number of para-hydroxylation sites is 1. The molecule has 2 aromatic rings. The number of hydrogen-bond donors (Lipinski definition) is 1. The summed E-state index contributed by atoms with van der Waals surface area (Å²) in [5.41, 5.74) is 1.95. The van der Waals surface area contributed by atoms with Gasteiger partial charge in [-0.1, -0.05) is 12.1 Å². The van der Waals surface area contributed by atoms with Crippen LogP contribution in [0.1, 0.15) is 11.1 Å². The summed E-state index contributed by atoms with van der Waals surface area (Å²) in [7, 11) is 3.09. The lowest BCUT2D eigenvalue weighted by Gasteiger charge is -2.10. The molecule has 0 unspecified atom stereocenters. The van der Waals surface area contributed by atoms with Gasteiger partial charge in [-0.25, -0.2) is 4.39 Å². The molecule has 23 heavy (non-hydrogen) atoms. The standard InChI is InChI=1S/C18H18FNO3/c1-12-11-14(19)8-9-15(12)20-17(21)10-7-13-5-4-6-16(22-2)18(13)23-3/h4-11H,1-3H3,(H,20,21)/b10-7+. The summed E-state index contributed by atoms with van der Waals surface area (Å²) < 4.78 is 23.6. The van der Waals surface area contributed by atoms with E-state index in [4.69, 9.17) is 9.47 Å². The average molecular weight is 315 g/mol. The predicted octanol–water partition coefficient (Wildman–Crippen LogP) is 3.80. The zero-order valence-electron chi connectivity index (χ0n) is 13.2. The monoisotopic (exact) mass is 315 g/mol. The number of amides is 1. The van der Waals surface area contributed by atoms with Crippen molar-refractivity contribution in [3.05, 3.63) is 59.4 Å². The zero-order chi connectivity index (χ0) is 16.8. The van der Waals surface area contributed by atoms with Gasteiger partial charge in [-0.2, -0.15) is 0 Å². The van der Waals surface area contributed by atoms with Gasteiger partial charge in [-0.05, 0) is 42.8 Å². The van der Waals surface area contributed by atoms with Crippen molar-refractivity contribution >= 4 is 17.7 Å². The van der Waals surface area contributed by atoms with Crippen LogP contribution in [0.5, 0.6) is 11.5 Å². The van der Waals surface area contributed by atoms with E-state index >= 15 is 0 Å². The number of nitrogens with one attached hydrogen (secondary N) is 1. The molecule has 0 saturated heterocycles. The Balaban J connectivity index is 2.15. The van der Waals surface area contributed by atoms with Crippen molar-refractivity contribution in [2.24, 2.45) is 0 Å². The van der Waals surface area contributed by atoms with Crippen molar-refractivity contribution in [3.8, 4) is 11.5 Å². The summed E-state index contributed by atoms with van der Waals surface area (Å²) in [6, 6.07) is 9.60. The van der Waals surface area contributed by atoms with Gasteiger partial charge in [0.25, 0.3) is 0 Å². The minimum Gasteiger partial charge on any atom is -0.493 e. The Hall–Kier alpha value is -2.82. The van der Waals surface area contributed by atoms with Gasteiger partial charge in [0.15, 0.2) is 11.5 Å². The Labute approximate surface area is 134 Å². The molecule has 0 bridgehead atoms. The normalized spacial score (nSPS) is 10.6. The molecule has 2 rings (SSSR count). The Morgan fingerprint density at radius 3 is 2.61 bits per heavy atom. The molecule has 0 atom stereocenters. The molecule has 5 heteroatoms. The number of carbonyl (C=O) groups excluding carboxylic acids is 1. The molecule has 4 nitrogen and oxygen atoms in total. The van der Waals surface area contributed by atoms with Gasteiger partial charge >= 0.3 is 0 Å². The van der Waals surface area contributed by atoms with Crippen molar-refractivity contribution in [3.63, 3.8) is 0 Å². The fourth-order valence-corrected chi connectivity index (χ4v) is 2.15. The van der Waals surface area contributed by atoms with E-state index in [0.29, 0.717) is 22.7 Å². The number of aryl methyl sites for hydroxylation is 1. The minimum absolute atomic E-state index is 0.315. The zero-order valence-corrected chi connectivity index (χ0v) is 13.2. The number of carbonyl (C=O) groups is 1. The van der Waals surface area contributed by atoms with Crippen molar-refractivity contribution in [1.29, 1.82) is 0 Å². The molecule has 0 aromatic heterocycles.